The summed E-state index contributed by atoms with van der Waals surface area (Å²) in [4.78, 5) is 19.5. The first-order valence-corrected chi connectivity index (χ1v) is 8.36. The van der Waals surface area contributed by atoms with E-state index in [2.05, 4.69) is 15.1 Å². The van der Waals surface area contributed by atoms with Gasteiger partial charge in [-0.05, 0) is 35.9 Å². The van der Waals surface area contributed by atoms with Crippen molar-refractivity contribution in [3.63, 3.8) is 0 Å². The maximum atomic E-state index is 12.1. The van der Waals surface area contributed by atoms with Gasteiger partial charge in [0.1, 0.15) is 0 Å². The zero-order valence-electron chi connectivity index (χ0n) is 13.6. The molecule has 0 unspecified atom stereocenters. The predicted molar refractivity (Wildman–Crippen MR) is 96.5 cm³/mol. The van der Waals surface area contributed by atoms with Gasteiger partial charge in [0.05, 0.1) is 6.42 Å². The molecule has 0 saturated carbocycles. The van der Waals surface area contributed by atoms with Crippen molar-refractivity contribution >= 4 is 28.5 Å². The van der Waals surface area contributed by atoms with E-state index in [4.69, 9.17) is 20.9 Å². The fourth-order valence-electron chi connectivity index (χ4n) is 2.65. The Kier molecular flexibility index (Phi) is 4.41. The molecule has 2 aromatic carbocycles. The Morgan fingerprint density at radius 1 is 1.15 bits per heavy atom. The summed E-state index contributed by atoms with van der Waals surface area (Å²) in [5, 5.41) is 5.46. The van der Waals surface area contributed by atoms with Gasteiger partial charge < -0.3 is 14.2 Å². The van der Waals surface area contributed by atoms with Crippen molar-refractivity contribution < 1.29 is 14.1 Å². The minimum Gasteiger partial charge on any atom is -0.457 e. The highest BCUT2D eigenvalue weighted by Crippen LogP contribution is 2.20. The molecule has 6 nitrogen and oxygen atoms in total. The van der Waals surface area contributed by atoms with Crippen molar-refractivity contribution in [3.8, 4) is 11.5 Å². The number of carbonyl (C=O) groups excluding carboxylic acids is 1. The molecule has 0 bridgehead atoms. The van der Waals surface area contributed by atoms with Crippen LogP contribution in [0.1, 0.15) is 11.4 Å². The van der Waals surface area contributed by atoms with Gasteiger partial charge in [0.2, 0.25) is 5.82 Å². The summed E-state index contributed by atoms with van der Waals surface area (Å²) in [6.07, 6.45) is 1.99. The molecule has 0 amide bonds. The maximum absolute atomic E-state index is 12.1. The van der Waals surface area contributed by atoms with E-state index in [-0.39, 0.29) is 19.0 Å². The fraction of sp³-hybridized carbons (Fsp3) is 0.105. The van der Waals surface area contributed by atoms with Crippen LogP contribution in [0.15, 0.2) is 59.3 Å². The molecule has 0 spiro atoms. The second-order valence-electron chi connectivity index (χ2n) is 5.72. The highest BCUT2D eigenvalue weighted by atomic mass is 35.5. The van der Waals surface area contributed by atoms with Crippen LogP contribution in [0, 0.1) is 0 Å². The Balaban J connectivity index is 1.38. The standard InChI is InChI=1S/C19H14ClN3O3/c20-14-7-5-12(6-8-14)19-22-17(23-26-19)11-25-18(24)9-13-10-21-16-4-2-1-3-15(13)16/h1-8,10,21H,9,11H2. The van der Waals surface area contributed by atoms with Crippen molar-refractivity contribution in [2.75, 3.05) is 0 Å². The van der Waals surface area contributed by atoms with Crippen LogP contribution in [0.2, 0.25) is 5.02 Å². The number of carbonyl (C=O) groups is 1. The number of nitrogens with zero attached hydrogens (tertiary/aromatic N) is 2. The molecule has 130 valence electrons. The fourth-order valence-corrected chi connectivity index (χ4v) is 2.78. The molecule has 7 heteroatoms. The zero-order valence-corrected chi connectivity index (χ0v) is 14.4. The number of hydrogen-bond acceptors (Lipinski definition) is 5. The smallest absolute Gasteiger partial charge is 0.310 e. The SMILES string of the molecule is O=C(Cc1c[nH]c2ccccc12)OCc1noc(-c2ccc(Cl)cc2)n1. The lowest BCUT2D eigenvalue weighted by Gasteiger charge is -2.01. The quantitative estimate of drug-likeness (QED) is 0.536. The number of nitrogens with one attached hydrogen (secondary N) is 1. The van der Waals surface area contributed by atoms with E-state index in [0.717, 1.165) is 22.0 Å². The van der Waals surface area contributed by atoms with E-state index in [1.807, 2.05) is 30.5 Å². The number of benzene rings is 2. The number of rotatable bonds is 5. The highest BCUT2D eigenvalue weighted by molar-refractivity contribution is 6.30. The van der Waals surface area contributed by atoms with Crippen LogP contribution in [-0.4, -0.2) is 21.1 Å². The van der Waals surface area contributed by atoms with Gasteiger partial charge in [-0.25, -0.2) is 0 Å². The van der Waals surface area contributed by atoms with E-state index in [1.54, 1.807) is 24.3 Å². The maximum Gasteiger partial charge on any atom is 0.310 e. The first-order chi connectivity index (χ1) is 12.7. The normalized spacial score (nSPS) is 11.0. The Bertz CT molecular complexity index is 1050. The molecule has 26 heavy (non-hydrogen) atoms. The molecule has 0 aliphatic carbocycles. The molecule has 2 heterocycles. The average Bonchev–Trinajstić information content (AvgIpc) is 3.28. The molecule has 1 N–H and O–H groups in total. The summed E-state index contributed by atoms with van der Waals surface area (Å²) in [6.45, 7) is -0.0434. The molecule has 4 aromatic rings. The first-order valence-electron chi connectivity index (χ1n) is 7.98. The van der Waals surface area contributed by atoms with Gasteiger partial charge in [0, 0.05) is 27.7 Å². The van der Waals surface area contributed by atoms with Gasteiger partial charge in [0.25, 0.3) is 5.89 Å². The van der Waals surface area contributed by atoms with Crippen molar-refractivity contribution in [2.24, 2.45) is 0 Å². The van der Waals surface area contributed by atoms with Gasteiger partial charge in [0.15, 0.2) is 6.61 Å². The van der Waals surface area contributed by atoms with E-state index < -0.39 is 0 Å². The van der Waals surface area contributed by atoms with Crippen LogP contribution in [0.5, 0.6) is 0 Å². The van der Waals surface area contributed by atoms with Crippen LogP contribution in [-0.2, 0) is 22.6 Å². The van der Waals surface area contributed by atoms with Crippen LogP contribution in [0.4, 0.5) is 0 Å². The summed E-state index contributed by atoms with van der Waals surface area (Å²) < 4.78 is 10.4. The second kappa shape index (κ2) is 7.01. The van der Waals surface area contributed by atoms with Gasteiger partial charge >= 0.3 is 5.97 Å². The van der Waals surface area contributed by atoms with Gasteiger partial charge in [-0.1, -0.05) is 35.0 Å². The largest absolute Gasteiger partial charge is 0.457 e. The molecule has 0 fully saturated rings. The summed E-state index contributed by atoms with van der Waals surface area (Å²) in [5.41, 5.74) is 2.62. The predicted octanol–water partition coefficient (Wildman–Crippen LogP) is 4.16. The van der Waals surface area contributed by atoms with Crippen LogP contribution < -0.4 is 0 Å². The lowest BCUT2D eigenvalue weighted by molar-refractivity contribution is -0.144. The summed E-state index contributed by atoms with van der Waals surface area (Å²) in [5.74, 6) is 0.305. The Morgan fingerprint density at radius 2 is 1.96 bits per heavy atom. The number of aromatic amines is 1. The highest BCUT2D eigenvalue weighted by Gasteiger charge is 2.13. The number of aromatic nitrogens is 3. The third-order valence-electron chi connectivity index (χ3n) is 3.93. The van der Waals surface area contributed by atoms with Crippen molar-refractivity contribution in [1.82, 2.24) is 15.1 Å². The topological polar surface area (TPSA) is 81.0 Å². The van der Waals surface area contributed by atoms with E-state index in [0.29, 0.717) is 16.7 Å². The van der Waals surface area contributed by atoms with Gasteiger partial charge in [-0.3, -0.25) is 4.79 Å². The molecule has 0 radical (unpaired) electrons. The molecule has 0 aliphatic rings. The number of esters is 1. The van der Waals surface area contributed by atoms with Gasteiger partial charge in [-0.15, -0.1) is 0 Å². The number of para-hydroxylation sites is 1. The van der Waals surface area contributed by atoms with Crippen LogP contribution >= 0.6 is 11.6 Å². The molecule has 2 aromatic heterocycles. The number of halogens is 1. The van der Waals surface area contributed by atoms with E-state index >= 15 is 0 Å². The van der Waals surface area contributed by atoms with Crippen molar-refractivity contribution in [3.05, 3.63) is 71.1 Å². The monoisotopic (exact) mass is 367 g/mol. The summed E-state index contributed by atoms with van der Waals surface area (Å²) in [6, 6.07) is 14.8. The lowest BCUT2D eigenvalue weighted by atomic mass is 10.1. The Hall–Kier alpha value is -3.12. The molecule has 4 rings (SSSR count). The Morgan fingerprint density at radius 3 is 2.81 bits per heavy atom. The Labute approximate surface area is 153 Å². The number of hydrogen-bond donors (Lipinski definition) is 1. The molecular formula is C19H14ClN3O3. The molecule has 0 atom stereocenters. The van der Waals surface area contributed by atoms with Crippen molar-refractivity contribution in [2.45, 2.75) is 13.0 Å². The van der Waals surface area contributed by atoms with E-state index in [1.165, 1.54) is 0 Å². The third kappa shape index (κ3) is 3.45. The first kappa shape index (κ1) is 16.4. The minimum atomic E-state index is -0.354. The number of H-pyrrole nitrogens is 1. The molecule has 0 saturated heterocycles. The number of ether oxygens (including phenoxy) is 1. The molecular weight excluding hydrogens is 354 g/mol. The minimum absolute atomic E-state index is 0.0434. The molecule has 0 aliphatic heterocycles. The van der Waals surface area contributed by atoms with Crippen LogP contribution in [0.25, 0.3) is 22.4 Å². The average molecular weight is 368 g/mol. The lowest BCUT2D eigenvalue weighted by Crippen LogP contribution is -2.08. The second-order valence-corrected chi connectivity index (χ2v) is 6.16. The summed E-state index contributed by atoms with van der Waals surface area (Å²) >= 11 is 5.86. The van der Waals surface area contributed by atoms with Gasteiger partial charge in [-0.2, -0.15) is 4.98 Å². The van der Waals surface area contributed by atoms with Crippen molar-refractivity contribution in [1.29, 1.82) is 0 Å². The summed E-state index contributed by atoms with van der Waals surface area (Å²) in [7, 11) is 0. The van der Waals surface area contributed by atoms with Crippen LogP contribution in [0.3, 0.4) is 0 Å². The number of fused-ring (bicyclic) bond motifs is 1. The third-order valence-corrected chi connectivity index (χ3v) is 4.18. The van der Waals surface area contributed by atoms with E-state index in [9.17, 15) is 4.79 Å². The zero-order chi connectivity index (χ0) is 17.9.